The number of benzene rings is 1. The average Bonchev–Trinajstić information content (AvgIpc) is 2.39. The number of nitrogens with two attached hydrogens (primary N) is 1. The third kappa shape index (κ3) is 3.63. The van der Waals surface area contributed by atoms with Gasteiger partial charge in [-0.1, -0.05) is 11.6 Å². The van der Waals surface area contributed by atoms with Crippen molar-refractivity contribution in [3.8, 4) is 0 Å². The first-order valence-electron chi connectivity index (χ1n) is 5.66. The molecule has 8 heteroatoms. The Balaban J connectivity index is 2.34. The van der Waals surface area contributed by atoms with Crippen molar-refractivity contribution in [3.05, 3.63) is 52.8 Å². The number of nitrogens with one attached hydrogen (secondary N) is 1. The Bertz CT molecular complexity index is 689. The van der Waals surface area contributed by atoms with E-state index in [4.69, 9.17) is 17.3 Å². The number of halogens is 4. The number of hydrogen-bond donors (Lipinski definition) is 2. The maximum absolute atomic E-state index is 12.9. The molecule has 0 atom stereocenters. The summed E-state index contributed by atoms with van der Waals surface area (Å²) in [4.78, 5) is 15.6. The van der Waals surface area contributed by atoms with Crippen molar-refractivity contribution in [2.75, 3.05) is 11.1 Å². The van der Waals surface area contributed by atoms with Crippen LogP contribution in [0, 0.1) is 0 Å². The van der Waals surface area contributed by atoms with Crippen LogP contribution in [0.4, 0.5) is 24.5 Å². The molecule has 0 aliphatic rings. The number of anilines is 2. The van der Waals surface area contributed by atoms with Crippen LogP contribution in [0.25, 0.3) is 0 Å². The van der Waals surface area contributed by atoms with Gasteiger partial charge in [0.25, 0.3) is 5.91 Å². The zero-order valence-corrected chi connectivity index (χ0v) is 11.2. The summed E-state index contributed by atoms with van der Waals surface area (Å²) < 4.78 is 38.7. The molecule has 0 fully saturated rings. The number of carbonyl (C=O) groups is 1. The molecule has 0 radical (unpaired) electrons. The molecule has 1 amide bonds. The van der Waals surface area contributed by atoms with Crippen LogP contribution >= 0.6 is 11.6 Å². The fourth-order valence-electron chi connectivity index (χ4n) is 1.64. The van der Waals surface area contributed by atoms with Crippen LogP contribution in [0.1, 0.15) is 15.9 Å². The van der Waals surface area contributed by atoms with E-state index in [1.807, 2.05) is 0 Å². The minimum atomic E-state index is -4.64. The quantitative estimate of drug-likeness (QED) is 0.890. The number of aromatic nitrogens is 1. The Hall–Kier alpha value is -2.28. The van der Waals surface area contributed by atoms with Gasteiger partial charge in [-0.2, -0.15) is 13.2 Å². The molecule has 0 aliphatic heterocycles. The molecule has 2 aromatic rings. The van der Waals surface area contributed by atoms with Crippen molar-refractivity contribution >= 4 is 28.9 Å². The summed E-state index contributed by atoms with van der Waals surface area (Å²) in [6, 6.07) is 4.40. The topological polar surface area (TPSA) is 68.0 Å². The van der Waals surface area contributed by atoms with Gasteiger partial charge < -0.3 is 11.1 Å². The number of rotatable bonds is 2. The second-order valence-electron chi connectivity index (χ2n) is 4.15. The summed E-state index contributed by atoms with van der Waals surface area (Å²) in [6.45, 7) is 0. The molecule has 1 heterocycles. The summed E-state index contributed by atoms with van der Waals surface area (Å²) in [7, 11) is 0. The molecule has 21 heavy (non-hydrogen) atoms. The number of nitrogen functional groups attached to an aromatic ring is 1. The fourth-order valence-corrected chi connectivity index (χ4v) is 1.81. The molecular formula is C13H9ClF3N3O. The monoisotopic (exact) mass is 315 g/mol. The predicted molar refractivity (Wildman–Crippen MR) is 73.1 cm³/mol. The Morgan fingerprint density at radius 1 is 1.24 bits per heavy atom. The first-order valence-corrected chi connectivity index (χ1v) is 6.04. The molecule has 0 bridgehead atoms. The van der Waals surface area contributed by atoms with E-state index in [-0.39, 0.29) is 22.0 Å². The van der Waals surface area contributed by atoms with Crippen LogP contribution in [0.2, 0.25) is 5.02 Å². The molecule has 110 valence electrons. The SMILES string of the molecule is Nc1cncc(C(=O)Nc2ccc(Cl)cc2C(F)(F)F)c1. The van der Waals surface area contributed by atoms with Crippen molar-refractivity contribution in [1.82, 2.24) is 4.98 Å². The van der Waals surface area contributed by atoms with E-state index in [9.17, 15) is 18.0 Å². The van der Waals surface area contributed by atoms with Crippen LogP contribution in [0.15, 0.2) is 36.7 Å². The molecule has 0 saturated carbocycles. The molecule has 0 unspecified atom stereocenters. The normalized spacial score (nSPS) is 11.2. The number of hydrogen-bond acceptors (Lipinski definition) is 3. The highest BCUT2D eigenvalue weighted by Crippen LogP contribution is 2.36. The van der Waals surface area contributed by atoms with Gasteiger partial charge in [0.15, 0.2) is 0 Å². The van der Waals surface area contributed by atoms with E-state index in [0.717, 1.165) is 12.1 Å². The third-order valence-electron chi connectivity index (χ3n) is 2.56. The molecular weight excluding hydrogens is 307 g/mol. The van der Waals surface area contributed by atoms with Crippen molar-refractivity contribution in [1.29, 1.82) is 0 Å². The van der Waals surface area contributed by atoms with Gasteiger partial charge in [0.1, 0.15) is 0 Å². The lowest BCUT2D eigenvalue weighted by molar-refractivity contribution is -0.136. The highest BCUT2D eigenvalue weighted by atomic mass is 35.5. The smallest absolute Gasteiger partial charge is 0.397 e. The largest absolute Gasteiger partial charge is 0.418 e. The van der Waals surface area contributed by atoms with E-state index < -0.39 is 17.6 Å². The zero-order chi connectivity index (χ0) is 15.6. The van der Waals surface area contributed by atoms with Crippen molar-refractivity contribution in [3.63, 3.8) is 0 Å². The summed E-state index contributed by atoms with van der Waals surface area (Å²) in [5.74, 6) is -0.748. The van der Waals surface area contributed by atoms with E-state index in [1.165, 1.54) is 24.5 Å². The minimum absolute atomic E-state index is 0.0538. The van der Waals surface area contributed by atoms with Crippen LogP contribution in [-0.4, -0.2) is 10.9 Å². The standard InChI is InChI=1S/C13H9ClF3N3O/c14-8-1-2-11(10(4-8)13(15,16)17)20-12(21)7-3-9(18)6-19-5-7/h1-6H,18H2,(H,20,21). The Labute approximate surface area is 122 Å². The van der Waals surface area contributed by atoms with Gasteiger partial charge >= 0.3 is 6.18 Å². The van der Waals surface area contributed by atoms with Gasteiger partial charge in [0, 0.05) is 17.4 Å². The first-order chi connectivity index (χ1) is 9.77. The average molecular weight is 316 g/mol. The van der Waals surface area contributed by atoms with Crippen molar-refractivity contribution in [2.45, 2.75) is 6.18 Å². The second kappa shape index (κ2) is 5.61. The molecule has 1 aromatic carbocycles. The van der Waals surface area contributed by atoms with Gasteiger partial charge in [-0.25, -0.2) is 0 Å². The van der Waals surface area contributed by atoms with Gasteiger partial charge in [-0.3, -0.25) is 9.78 Å². The lowest BCUT2D eigenvalue weighted by atomic mass is 10.1. The summed E-state index contributed by atoms with van der Waals surface area (Å²) in [6.07, 6.45) is -2.11. The number of carbonyl (C=O) groups excluding carboxylic acids is 1. The summed E-state index contributed by atoms with van der Waals surface area (Å²) in [5.41, 5.74) is 4.34. The molecule has 0 aliphatic carbocycles. The molecule has 0 spiro atoms. The number of pyridine rings is 1. The molecule has 0 saturated heterocycles. The molecule has 3 N–H and O–H groups in total. The maximum Gasteiger partial charge on any atom is 0.418 e. The van der Waals surface area contributed by atoms with E-state index >= 15 is 0 Å². The van der Waals surface area contributed by atoms with Crippen LogP contribution in [-0.2, 0) is 6.18 Å². The number of amides is 1. The van der Waals surface area contributed by atoms with E-state index in [0.29, 0.717) is 0 Å². The van der Waals surface area contributed by atoms with Gasteiger partial charge in [-0.05, 0) is 24.3 Å². The third-order valence-corrected chi connectivity index (χ3v) is 2.79. The summed E-state index contributed by atoms with van der Waals surface area (Å²) >= 11 is 5.56. The first kappa shape index (κ1) is 15.1. The van der Waals surface area contributed by atoms with E-state index in [1.54, 1.807) is 0 Å². The van der Waals surface area contributed by atoms with Crippen LogP contribution in [0.3, 0.4) is 0 Å². The van der Waals surface area contributed by atoms with Crippen LogP contribution < -0.4 is 11.1 Å². The van der Waals surface area contributed by atoms with Crippen molar-refractivity contribution < 1.29 is 18.0 Å². The lowest BCUT2D eigenvalue weighted by Gasteiger charge is -2.14. The number of alkyl halides is 3. The number of nitrogens with zero attached hydrogens (tertiary/aromatic N) is 1. The maximum atomic E-state index is 12.9. The molecule has 2 rings (SSSR count). The van der Waals surface area contributed by atoms with Crippen molar-refractivity contribution in [2.24, 2.45) is 0 Å². The highest BCUT2D eigenvalue weighted by molar-refractivity contribution is 6.30. The lowest BCUT2D eigenvalue weighted by Crippen LogP contribution is -2.17. The van der Waals surface area contributed by atoms with Gasteiger partial charge in [0.2, 0.25) is 0 Å². The van der Waals surface area contributed by atoms with Crippen LogP contribution in [0.5, 0.6) is 0 Å². The Morgan fingerprint density at radius 3 is 2.57 bits per heavy atom. The summed E-state index contributed by atoms with van der Waals surface area (Å²) in [5, 5.41) is 2.10. The molecule has 4 nitrogen and oxygen atoms in total. The fraction of sp³-hybridized carbons (Fsp3) is 0.0769. The minimum Gasteiger partial charge on any atom is -0.397 e. The zero-order valence-electron chi connectivity index (χ0n) is 10.4. The molecule has 1 aromatic heterocycles. The highest BCUT2D eigenvalue weighted by Gasteiger charge is 2.34. The Morgan fingerprint density at radius 2 is 1.95 bits per heavy atom. The predicted octanol–water partition coefficient (Wildman–Crippen LogP) is 3.59. The Kier molecular flexibility index (Phi) is 4.04. The van der Waals surface area contributed by atoms with E-state index in [2.05, 4.69) is 10.3 Å². The van der Waals surface area contributed by atoms with Gasteiger partial charge in [-0.15, -0.1) is 0 Å². The second-order valence-corrected chi connectivity index (χ2v) is 4.59. The van der Waals surface area contributed by atoms with Gasteiger partial charge in [0.05, 0.1) is 22.5 Å².